The van der Waals surface area contributed by atoms with Crippen molar-refractivity contribution in [2.24, 2.45) is 10.8 Å². The number of azide groups is 1. The largest absolute Gasteiger partial charge is 1.00 e. The van der Waals surface area contributed by atoms with Crippen molar-refractivity contribution in [3.8, 4) is 34.1 Å². The Morgan fingerprint density at radius 2 is 0.795 bits per heavy atom. The molecule has 7 aromatic carbocycles. The number of alkyl halides is 1. The van der Waals surface area contributed by atoms with E-state index in [4.69, 9.17) is 81.8 Å². The Morgan fingerprint density at radius 1 is 0.465 bits per heavy atom. The first-order valence-electron chi connectivity index (χ1n) is 35.4. The van der Waals surface area contributed by atoms with Gasteiger partial charge in [0.25, 0.3) is 0 Å². The summed E-state index contributed by atoms with van der Waals surface area (Å²) in [7, 11) is 7.36. The van der Waals surface area contributed by atoms with Crippen LogP contribution in [0.1, 0.15) is 73.0 Å². The number of H-pyrrole nitrogens is 1. The second-order valence-corrected chi connectivity index (χ2v) is 40.1. The first kappa shape index (κ1) is 114. The standard InChI is InChI=1S/C16H12ClIN2OS.C10H8ClIN2.C10H8IN5.C10H10IN3.2C10H9IN2O.C6H4I2.C5H3ClO2S.C4H6N2O.CH4.Cl2OS.N3.Na/c17-16-8-7-15(22-16)14(21)6-3-12-9-20(10-19-12)13-4-1-11(18)2-5-13;11-5-9-6-14(7-13-9)10-3-1-8(12)2-4-10;11-8-1-3-10(4-2-8)16-6-9(13-7-16)5-14-15-12;11-8-1-3-10(4-2-8)14-6-9(5-12)13-7-14;11-8-1-3-10(4-2-8)13-5-9(6-14)12-7-13;11-8-1-3-9(4-2-8)13-7-12-5-10(13)6-14;7-5-1-2-6(8)4-3-5;6-4-2-1-3(9-4)5(7)8;7-2-4-1-5-3-6-4;;1-4(2)3;1-3-2;/h1-2,4-5,7-10H,3,6H2;1-4,6-7H,5H2;1-4,6-7H,5H2;1-4,6-7H,5,12H2;2*1-5,7,14H,6H2;1-4H;1-2H,(H,7,8);1,3,7H,2H2,(H,5,6);1H4;;;/q;;;;;;;;;;;-1;+1. The summed E-state index contributed by atoms with van der Waals surface area (Å²) < 4.78 is 31.6. The van der Waals surface area contributed by atoms with Crippen molar-refractivity contribution >= 4 is 281 Å². The van der Waals surface area contributed by atoms with E-state index in [2.05, 4.69) is 337 Å². The number of aliphatic hydroxyl groups excluding tert-OH is 3. The molecule has 127 heavy (non-hydrogen) atoms. The number of thiophene rings is 2. The Balaban J connectivity index is 0.000000300. The van der Waals surface area contributed by atoms with Gasteiger partial charge in [0.15, 0.2) is 5.78 Å². The molecular weight excluding hydrogens is 2700 g/mol. The molecule has 0 aliphatic carbocycles. The van der Waals surface area contributed by atoms with Crippen LogP contribution < -0.4 is 35.3 Å². The predicted molar refractivity (Wildman–Crippen MR) is 571 cm³/mol. The van der Waals surface area contributed by atoms with Gasteiger partial charge in [-0.2, -0.15) is 0 Å². The van der Waals surface area contributed by atoms with Crippen LogP contribution in [0.15, 0.2) is 287 Å². The van der Waals surface area contributed by atoms with E-state index in [9.17, 15) is 9.59 Å². The number of nitrogens with zero attached hydrogens (tertiary/aromatic N) is 19. The van der Waals surface area contributed by atoms with Gasteiger partial charge in [-0.3, -0.25) is 9.71 Å². The topological polar surface area (TPSA) is 401 Å². The van der Waals surface area contributed by atoms with E-state index in [1.165, 1.54) is 57.2 Å². The molecule has 0 radical (unpaired) electrons. The summed E-state index contributed by atoms with van der Waals surface area (Å²) in [6.07, 6.45) is 25.9. The van der Waals surface area contributed by atoms with Crippen LogP contribution in [0, 0.1) is 28.6 Å². The fraction of sp³-hybridized carbons (Fsp3) is 0.110. The maximum absolute atomic E-state index is 12.1. The van der Waals surface area contributed by atoms with E-state index in [0.29, 0.717) is 44.5 Å². The summed E-state index contributed by atoms with van der Waals surface area (Å²) in [5, 5.41) is 38.1. The van der Waals surface area contributed by atoms with Gasteiger partial charge < -0.3 is 69.6 Å². The van der Waals surface area contributed by atoms with Crippen LogP contribution in [-0.4, -0.2) is 104 Å². The number of aryl methyl sites for hydroxylation is 1. The maximum Gasteiger partial charge on any atom is 1.00 e. The second kappa shape index (κ2) is 64.3. The van der Waals surface area contributed by atoms with Crippen LogP contribution in [0.5, 0.6) is 0 Å². The number of ketones is 1. The van der Waals surface area contributed by atoms with Crippen molar-refractivity contribution in [3.05, 3.63) is 395 Å². The molecule has 0 spiro atoms. The number of aromatic carboxylic acids is 1. The van der Waals surface area contributed by atoms with Crippen LogP contribution in [0.25, 0.3) is 60.5 Å². The second-order valence-electron chi connectivity index (χ2n) is 23.9. The summed E-state index contributed by atoms with van der Waals surface area (Å²) in [5.74, 6) is -0.357. The Bertz CT molecular complexity index is 5730. The molecular formula is C82H73Cl5I8N21NaO7S3. The molecule has 0 aliphatic rings. The summed E-state index contributed by atoms with van der Waals surface area (Å²) in [4.78, 5) is 58.7. The van der Waals surface area contributed by atoms with E-state index in [1.54, 1.807) is 68.6 Å². The predicted octanol–water partition coefficient (Wildman–Crippen LogP) is 21.8. The zero-order valence-electron chi connectivity index (χ0n) is 65.4. The van der Waals surface area contributed by atoms with Crippen molar-refractivity contribution in [1.82, 2.24) is 67.3 Å². The number of aliphatic hydroxyl groups is 3. The minimum absolute atomic E-state index is 0. The summed E-state index contributed by atoms with van der Waals surface area (Å²) in [6, 6.07) is 63.9. The zero-order chi connectivity index (χ0) is 91.0. The Morgan fingerprint density at radius 3 is 1.09 bits per heavy atom. The SMILES string of the molecule is C.ClCc1cn(-c2ccc(I)cc2)cn1.Ic1ccc(I)cc1.NCc1cn(-c2ccc(I)cc2)cn1.O=C(CCc1cn(-c2ccc(I)cc2)cn1)c1ccc(Cl)s1.O=C(O)c1ccc(Cl)s1.O=S(Cl)Cl.OCc1cn(-c2ccc(I)cc2)cn1.OCc1cnc[nH]1.OCc1cncn1-c1ccc(I)cc1.[N-]=[N+]=NCc1cn(-c2ccc(I)cc2)cn1.[N-]=[N+]=[N-].[Na+]. The molecule has 0 saturated carbocycles. The summed E-state index contributed by atoms with van der Waals surface area (Å²) in [5.41, 5.74) is 39.3. The number of hydrogen-bond acceptors (Lipinski definition) is 17. The molecule has 0 bridgehead atoms. The van der Waals surface area contributed by atoms with Gasteiger partial charge in [0, 0.05) is 133 Å². The van der Waals surface area contributed by atoms with Crippen LogP contribution in [0.2, 0.25) is 8.67 Å². The van der Waals surface area contributed by atoms with Crippen LogP contribution in [-0.2, 0) is 54.4 Å². The number of nitrogens with two attached hydrogens (primary N) is 1. The van der Waals surface area contributed by atoms with Crippen molar-refractivity contribution in [2.45, 2.75) is 59.1 Å². The molecule has 16 aromatic rings. The van der Waals surface area contributed by atoms with E-state index in [1.807, 2.05) is 143 Å². The van der Waals surface area contributed by atoms with Gasteiger partial charge in [0.2, 0.25) is 9.23 Å². The zero-order valence-corrected chi connectivity index (χ0v) is 90.9. The third-order valence-electron chi connectivity index (χ3n) is 15.4. The molecule has 0 unspecified atom stereocenters. The number of carbonyl (C=O) groups is 2. The number of halogens is 13. The number of benzene rings is 7. The molecule has 0 atom stereocenters. The first-order valence-corrected chi connectivity index (χ1v) is 49.7. The molecule has 28 nitrogen and oxygen atoms in total. The minimum Gasteiger partial charge on any atom is -0.477 e. The molecule has 9 heterocycles. The van der Waals surface area contributed by atoms with Gasteiger partial charge in [0.1, 0.15) is 4.88 Å². The van der Waals surface area contributed by atoms with E-state index < -0.39 is 15.2 Å². The quantitative estimate of drug-likeness (QED) is 0.00679. The van der Waals surface area contributed by atoms with E-state index in [-0.39, 0.29) is 74.0 Å². The van der Waals surface area contributed by atoms with Crippen molar-refractivity contribution in [2.75, 3.05) is 0 Å². The normalized spacial score (nSPS) is 9.81. The van der Waals surface area contributed by atoms with Crippen molar-refractivity contribution in [3.63, 3.8) is 0 Å². The summed E-state index contributed by atoms with van der Waals surface area (Å²) >= 11 is 37.6. The first-order chi connectivity index (χ1) is 60.2. The molecule has 658 valence electrons. The Kier molecular flexibility index (Phi) is 57.6. The number of nitrogens with one attached hydrogen (secondary N) is 1. The third kappa shape index (κ3) is 44.2. The number of carboxylic acid groups (broad SMARTS) is 1. The molecule has 9 aromatic heterocycles. The molecule has 16 rings (SSSR count). The monoisotopic (exact) mass is 2770 g/mol. The molecule has 0 fully saturated rings. The van der Waals surface area contributed by atoms with Crippen molar-refractivity contribution in [1.29, 1.82) is 0 Å². The van der Waals surface area contributed by atoms with Gasteiger partial charge in [-0.05, 0) is 387 Å². The number of Topliss-reactive ketones (excluding diaryl/α,β-unsaturated/α-hetero) is 1. The summed E-state index contributed by atoms with van der Waals surface area (Å²) in [6.45, 7) is 0.800. The number of imidazole rings is 7. The fourth-order valence-electron chi connectivity index (χ4n) is 9.49. The smallest absolute Gasteiger partial charge is 0.477 e. The number of rotatable bonds is 18. The average Bonchev–Trinajstić information content (AvgIpc) is 1.72. The Labute approximate surface area is 897 Å². The maximum atomic E-state index is 12.1. The van der Waals surface area contributed by atoms with Gasteiger partial charge in [-0.25, -0.2) is 43.9 Å². The average molecular weight is 2780 g/mol. The number of aromatic nitrogens is 14. The fourth-order valence-corrected chi connectivity index (χ4v) is 14.4. The van der Waals surface area contributed by atoms with Gasteiger partial charge >= 0.3 is 35.5 Å². The van der Waals surface area contributed by atoms with Gasteiger partial charge in [0.05, 0.1) is 142 Å². The van der Waals surface area contributed by atoms with E-state index in [0.717, 1.165) is 79.6 Å². The van der Waals surface area contributed by atoms with Gasteiger partial charge in [-0.1, -0.05) is 35.7 Å². The van der Waals surface area contributed by atoms with Crippen LogP contribution in [0.4, 0.5) is 0 Å². The molecule has 45 heteroatoms. The number of carbonyl (C=O) groups excluding carboxylic acids is 1. The molecule has 0 saturated heterocycles. The van der Waals surface area contributed by atoms with Crippen LogP contribution in [0.3, 0.4) is 0 Å². The minimum atomic E-state index is -1.67. The molecule has 7 N–H and O–H groups in total. The van der Waals surface area contributed by atoms with E-state index >= 15 is 0 Å². The molecule has 0 amide bonds. The van der Waals surface area contributed by atoms with Crippen LogP contribution >= 0.6 is 260 Å². The molecule has 0 aliphatic heterocycles. The van der Waals surface area contributed by atoms with Gasteiger partial charge in [-0.15, -0.1) is 34.3 Å². The number of carboxylic acids is 1. The third-order valence-corrected chi connectivity index (χ3v) is 23.9. The number of aromatic amines is 1. The van der Waals surface area contributed by atoms with Crippen molar-refractivity contribution < 1.29 is 63.8 Å². The number of hydrogen-bond donors (Lipinski definition) is 6. The Hall–Kier alpha value is -5.55.